The van der Waals surface area contributed by atoms with E-state index in [0.29, 0.717) is 17.1 Å². The molecule has 0 saturated carbocycles. The number of likely N-dealkylation sites (N-methyl/N-ethyl adjacent to an activating group) is 1. The van der Waals surface area contributed by atoms with E-state index in [2.05, 4.69) is 5.32 Å². The standard InChI is InChI=1S/C33H33ClFN3O4S/c1-3-36-33(40)31(20-25-8-5-4-6-9-25)37(22-26-14-16-28(35)17-15-26)32(39)23-38(29-11-7-10-27(34)21-29)43(41,42)30-18-12-24(2)13-19-30/h4-19,21,31H,3,20,22-23H2,1-2H3,(H,36,40). The highest BCUT2D eigenvalue weighted by molar-refractivity contribution is 7.92. The molecule has 4 aromatic carbocycles. The van der Waals surface area contributed by atoms with Crippen molar-refractivity contribution >= 4 is 39.1 Å². The van der Waals surface area contributed by atoms with Crippen molar-refractivity contribution in [2.24, 2.45) is 0 Å². The van der Waals surface area contributed by atoms with Crippen LogP contribution in [0.1, 0.15) is 23.6 Å². The third-order valence-electron chi connectivity index (χ3n) is 6.87. The Balaban J connectivity index is 1.79. The number of aryl methyl sites for hydroxylation is 1. The van der Waals surface area contributed by atoms with Gasteiger partial charge in [-0.2, -0.15) is 0 Å². The van der Waals surface area contributed by atoms with E-state index in [9.17, 15) is 22.4 Å². The molecule has 43 heavy (non-hydrogen) atoms. The lowest BCUT2D eigenvalue weighted by molar-refractivity contribution is -0.140. The van der Waals surface area contributed by atoms with Crippen molar-refractivity contribution < 1.29 is 22.4 Å². The zero-order valence-electron chi connectivity index (χ0n) is 23.9. The van der Waals surface area contributed by atoms with E-state index in [4.69, 9.17) is 11.6 Å². The van der Waals surface area contributed by atoms with Gasteiger partial charge in [0.15, 0.2) is 0 Å². The largest absolute Gasteiger partial charge is 0.355 e. The highest BCUT2D eigenvalue weighted by Gasteiger charge is 2.34. The normalized spacial score (nSPS) is 11.9. The van der Waals surface area contributed by atoms with Crippen molar-refractivity contribution in [1.29, 1.82) is 0 Å². The first-order valence-electron chi connectivity index (χ1n) is 13.8. The van der Waals surface area contributed by atoms with E-state index in [1.165, 1.54) is 47.4 Å². The quantitative estimate of drug-likeness (QED) is 0.218. The van der Waals surface area contributed by atoms with Gasteiger partial charge in [0.05, 0.1) is 10.6 Å². The Labute approximate surface area is 257 Å². The van der Waals surface area contributed by atoms with Crippen molar-refractivity contribution in [3.63, 3.8) is 0 Å². The van der Waals surface area contributed by atoms with Crippen molar-refractivity contribution in [3.05, 3.63) is 131 Å². The number of sulfonamides is 1. The summed E-state index contributed by atoms with van der Waals surface area (Å²) in [5.74, 6) is -1.45. The second kappa shape index (κ2) is 14.3. The number of hydrogen-bond donors (Lipinski definition) is 1. The fourth-order valence-corrected chi connectivity index (χ4v) is 6.22. The number of anilines is 1. The first-order chi connectivity index (χ1) is 20.6. The molecule has 4 rings (SSSR count). The SMILES string of the molecule is CCNC(=O)C(Cc1ccccc1)N(Cc1ccc(F)cc1)C(=O)CN(c1cccc(Cl)c1)S(=O)(=O)c1ccc(C)cc1. The summed E-state index contributed by atoms with van der Waals surface area (Å²) >= 11 is 6.24. The lowest BCUT2D eigenvalue weighted by atomic mass is 10.0. The zero-order chi connectivity index (χ0) is 31.0. The molecule has 10 heteroatoms. The Morgan fingerprint density at radius 3 is 2.19 bits per heavy atom. The number of rotatable bonds is 12. The summed E-state index contributed by atoms with van der Waals surface area (Å²) in [6.45, 7) is 3.29. The number of halogens is 2. The molecule has 224 valence electrons. The van der Waals surface area contributed by atoms with Crippen LogP contribution in [0.15, 0.2) is 108 Å². The molecule has 2 amide bonds. The van der Waals surface area contributed by atoms with Gasteiger partial charge < -0.3 is 10.2 Å². The van der Waals surface area contributed by atoms with Crippen LogP contribution in [-0.2, 0) is 32.6 Å². The molecule has 7 nitrogen and oxygen atoms in total. The number of hydrogen-bond acceptors (Lipinski definition) is 4. The minimum atomic E-state index is -4.23. The number of benzene rings is 4. The van der Waals surface area contributed by atoms with Crippen LogP contribution in [0.3, 0.4) is 0 Å². The summed E-state index contributed by atoms with van der Waals surface area (Å²) in [4.78, 5) is 29.1. The van der Waals surface area contributed by atoms with Gasteiger partial charge in [-0.05, 0) is 67.4 Å². The molecule has 0 aliphatic rings. The summed E-state index contributed by atoms with van der Waals surface area (Å²) in [6, 6.07) is 26.4. The number of carbonyl (C=O) groups excluding carboxylic acids is 2. The maximum Gasteiger partial charge on any atom is 0.264 e. The molecular weight excluding hydrogens is 589 g/mol. The first kappa shape index (κ1) is 31.7. The molecule has 1 atom stereocenters. The average Bonchev–Trinajstić information content (AvgIpc) is 2.99. The predicted octanol–water partition coefficient (Wildman–Crippen LogP) is 5.76. The van der Waals surface area contributed by atoms with Crippen LogP contribution in [0.5, 0.6) is 0 Å². The monoisotopic (exact) mass is 621 g/mol. The number of nitrogens with zero attached hydrogens (tertiary/aromatic N) is 2. The third-order valence-corrected chi connectivity index (χ3v) is 8.90. The second-order valence-electron chi connectivity index (χ2n) is 10.1. The van der Waals surface area contributed by atoms with Crippen molar-refractivity contribution in [3.8, 4) is 0 Å². The fraction of sp³-hybridized carbons (Fsp3) is 0.212. The average molecular weight is 622 g/mol. The Morgan fingerprint density at radius 2 is 1.56 bits per heavy atom. The zero-order valence-corrected chi connectivity index (χ0v) is 25.5. The minimum absolute atomic E-state index is 0.000483. The molecule has 1 N–H and O–H groups in total. The van der Waals surface area contributed by atoms with Crippen LogP contribution in [0, 0.1) is 12.7 Å². The van der Waals surface area contributed by atoms with Gasteiger partial charge >= 0.3 is 0 Å². The third kappa shape index (κ3) is 8.21. The van der Waals surface area contributed by atoms with Gasteiger partial charge in [-0.3, -0.25) is 13.9 Å². The van der Waals surface area contributed by atoms with Crippen LogP contribution < -0.4 is 9.62 Å². The number of nitrogens with one attached hydrogen (secondary N) is 1. The summed E-state index contributed by atoms with van der Waals surface area (Å²) in [5.41, 5.74) is 2.46. The Hall–Kier alpha value is -4.21. The molecule has 0 aliphatic heterocycles. The van der Waals surface area contributed by atoms with Gasteiger partial charge in [-0.15, -0.1) is 0 Å². The maximum absolute atomic E-state index is 14.3. The van der Waals surface area contributed by atoms with Crippen molar-refractivity contribution in [2.45, 2.75) is 37.8 Å². The summed E-state index contributed by atoms with van der Waals surface area (Å²) < 4.78 is 42.7. The van der Waals surface area contributed by atoms with E-state index >= 15 is 0 Å². The topological polar surface area (TPSA) is 86.8 Å². The predicted molar refractivity (Wildman–Crippen MR) is 167 cm³/mol. The van der Waals surface area contributed by atoms with Gasteiger partial charge in [0.1, 0.15) is 18.4 Å². The van der Waals surface area contributed by atoms with Gasteiger partial charge in [0.2, 0.25) is 11.8 Å². The fourth-order valence-electron chi connectivity index (χ4n) is 4.63. The van der Waals surface area contributed by atoms with E-state index in [1.807, 2.05) is 37.3 Å². The van der Waals surface area contributed by atoms with Crippen LogP contribution in [0.4, 0.5) is 10.1 Å². The summed E-state index contributed by atoms with van der Waals surface area (Å²) in [6.07, 6.45) is 0.182. The molecular formula is C33H33ClFN3O4S. The Morgan fingerprint density at radius 1 is 0.884 bits per heavy atom. The first-order valence-corrected chi connectivity index (χ1v) is 15.6. The molecule has 0 bridgehead atoms. The molecule has 0 fully saturated rings. The Bertz CT molecular complexity index is 1650. The smallest absolute Gasteiger partial charge is 0.264 e. The highest BCUT2D eigenvalue weighted by Crippen LogP contribution is 2.27. The lowest BCUT2D eigenvalue weighted by Gasteiger charge is -2.34. The highest BCUT2D eigenvalue weighted by atomic mass is 35.5. The summed E-state index contributed by atoms with van der Waals surface area (Å²) in [7, 11) is -4.23. The Kier molecular flexibility index (Phi) is 10.6. The molecule has 4 aromatic rings. The molecule has 1 unspecified atom stereocenters. The van der Waals surface area contributed by atoms with E-state index < -0.39 is 40.2 Å². The van der Waals surface area contributed by atoms with Crippen LogP contribution in [-0.4, -0.2) is 44.3 Å². The van der Waals surface area contributed by atoms with Crippen molar-refractivity contribution in [1.82, 2.24) is 10.2 Å². The van der Waals surface area contributed by atoms with Crippen LogP contribution in [0.25, 0.3) is 0 Å². The molecule has 0 heterocycles. The molecule has 0 aliphatic carbocycles. The second-order valence-corrected chi connectivity index (χ2v) is 12.4. The van der Waals surface area contributed by atoms with E-state index in [-0.39, 0.29) is 23.5 Å². The van der Waals surface area contributed by atoms with E-state index in [0.717, 1.165) is 15.4 Å². The molecule has 0 aromatic heterocycles. The van der Waals surface area contributed by atoms with Gasteiger partial charge in [-0.25, -0.2) is 12.8 Å². The van der Waals surface area contributed by atoms with Gasteiger partial charge in [0.25, 0.3) is 10.0 Å². The summed E-state index contributed by atoms with van der Waals surface area (Å²) in [5, 5.41) is 3.10. The molecule has 0 radical (unpaired) electrons. The minimum Gasteiger partial charge on any atom is -0.355 e. The van der Waals surface area contributed by atoms with Gasteiger partial charge in [-0.1, -0.05) is 77.8 Å². The van der Waals surface area contributed by atoms with Gasteiger partial charge in [0, 0.05) is 24.5 Å². The molecule has 0 saturated heterocycles. The lowest BCUT2D eigenvalue weighted by Crippen LogP contribution is -2.53. The van der Waals surface area contributed by atoms with Crippen LogP contribution in [0.2, 0.25) is 5.02 Å². The maximum atomic E-state index is 14.3. The van der Waals surface area contributed by atoms with Crippen LogP contribution >= 0.6 is 11.6 Å². The van der Waals surface area contributed by atoms with Crippen molar-refractivity contribution in [2.75, 3.05) is 17.4 Å². The molecule has 0 spiro atoms. The number of carbonyl (C=O) groups is 2. The van der Waals surface area contributed by atoms with E-state index in [1.54, 1.807) is 37.3 Å². The number of amides is 2.